The molecule has 0 aromatic heterocycles. The molecule has 0 unspecified atom stereocenters. The van der Waals surface area contributed by atoms with E-state index in [1.54, 1.807) is 0 Å². The Kier molecular flexibility index (Phi) is 4.12. The van der Waals surface area contributed by atoms with E-state index < -0.39 is 30.2 Å². The summed E-state index contributed by atoms with van der Waals surface area (Å²) in [5, 5.41) is 0. The monoisotopic (exact) mass is 234 g/mol. The van der Waals surface area contributed by atoms with E-state index in [4.69, 9.17) is 0 Å². The molecule has 6 heteroatoms. The maximum absolute atomic E-state index is 13.0. The van der Waals surface area contributed by atoms with Gasteiger partial charge in [-0.1, -0.05) is 13.8 Å². The van der Waals surface area contributed by atoms with Gasteiger partial charge in [-0.05, 0) is 13.8 Å². The summed E-state index contributed by atoms with van der Waals surface area (Å²) in [7, 11) is 0. The number of halogens is 5. The molecule has 0 aliphatic heterocycles. The molecular weight excluding hydrogens is 219 g/mol. The lowest BCUT2D eigenvalue weighted by molar-refractivity contribution is -0.387. The Morgan fingerprint density at radius 3 is 1.73 bits per heavy atom. The summed E-state index contributed by atoms with van der Waals surface area (Å²) >= 11 is 0. The molecule has 0 bridgehead atoms. The van der Waals surface area contributed by atoms with Crippen LogP contribution >= 0.6 is 0 Å². The third-order valence-corrected chi connectivity index (χ3v) is 1.84. The van der Waals surface area contributed by atoms with Gasteiger partial charge >= 0.3 is 12.0 Å². The van der Waals surface area contributed by atoms with Crippen molar-refractivity contribution in [3.8, 4) is 0 Å². The zero-order valence-corrected chi connectivity index (χ0v) is 9.08. The fourth-order valence-electron chi connectivity index (χ4n) is 0.778. The highest BCUT2D eigenvalue weighted by Crippen LogP contribution is 2.42. The molecule has 0 saturated heterocycles. The van der Waals surface area contributed by atoms with Crippen LogP contribution in [-0.4, -0.2) is 24.3 Å². The van der Waals surface area contributed by atoms with E-state index in [9.17, 15) is 22.0 Å². The molecule has 0 aromatic rings. The smallest absolute Gasteiger partial charge is 0.307 e. The van der Waals surface area contributed by atoms with E-state index in [1.165, 1.54) is 0 Å². The van der Waals surface area contributed by atoms with Crippen LogP contribution in [0.25, 0.3) is 0 Å². The van der Waals surface area contributed by atoms with Gasteiger partial charge in [-0.2, -0.15) is 17.6 Å². The molecule has 92 valence electrons. The fourth-order valence-corrected chi connectivity index (χ4v) is 0.778. The van der Waals surface area contributed by atoms with Crippen LogP contribution < -0.4 is 0 Å². The zero-order valence-electron chi connectivity index (χ0n) is 9.08. The third-order valence-electron chi connectivity index (χ3n) is 1.84. The van der Waals surface area contributed by atoms with E-state index in [1.807, 2.05) is 0 Å². The normalized spacial score (nSPS) is 14.8. The first-order valence-electron chi connectivity index (χ1n) is 4.48. The lowest BCUT2D eigenvalue weighted by atomic mass is 10.0. The first kappa shape index (κ1) is 14.6. The quantitative estimate of drug-likeness (QED) is 0.660. The average Bonchev–Trinajstić information content (AvgIpc) is 2.02. The van der Waals surface area contributed by atoms with Crippen LogP contribution in [-0.2, 0) is 4.74 Å². The van der Waals surface area contributed by atoms with Crippen molar-refractivity contribution in [2.24, 2.45) is 5.92 Å². The van der Waals surface area contributed by atoms with Gasteiger partial charge in [0.25, 0.3) is 0 Å². The van der Waals surface area contributed by atoms with Gasteiger partial charge in [0.05, 0.1) is 5.60 Å². The van der Waals surface area contributed by atoms with Crippen LogP contribution in [0.5, 0.6) is 0 Å². The first-order chi connectivity index (χ1) is 6.46. The summed E-state index contributed by atoms with van der Waals surface area (Å²) in [6, 6.07) is 0. The van der Waals surface area contributed by atoms with Crippen LogP contribution in [0.1, 0.15) is 27.7 Å². The molecule has 1 nitrogen and oxygen atoms in total. The molecule has 0 aliphatic carbocycles. The van der Waals surface area contributed by atoms with Crippen molar-refractivity contribution < 1.29 is 26.7 Å². The predicted octanol–water partition coefficient (Wildman–Crippen LogP) is 3.64. The van der Waals surface area contributed by atoms with Crippen LogP contribution in [0.2, 0.25) is 0 Å². The van der Waals surface area contributed by atoms with Crippen molar-refractivity contribution in [1.82, 2.24) is 0 Å². The summed E-state index contributed by atoms with van der Waals surface area (Å²) in [5.74, 6) is -5.91. The van der Waals surface area contributed by atoms with Gasteiger partial charge in [0.2, 0.25) is 0 Å². The van der Waals surface area contributed by atoms with Crippen molar-refractivity contribution in [2.45, 2.75) is 45.3 Å². The van der Waals surface area contributed by atoms with Crippen LogP contribution in [0.4, 0.5) is 22.0 Å². The van der Waals surface area contributed by atoms with Crippen LogP contribution in [0.3, 0.4) is 0 Å². The Hall–Kier alpha value is -0.390. The second kappa shape index (κ2) is 4.23. The zero-order chi connectivity index (χ0) is 12.5. The van der Waals surface area contributed by atoms with Gasteiger partial charge in [-0.15, -0.1) is 0 Å². The van der Waals surface area contributed by atoms with Crippen LogP contribution in [0.15, 0.2) is 0 Å². The molecule has 0 N–H and O–H groups in total. The minimum absolute atomic E-state index is 0.944. The van der Waals surface area contributed by atoms with E-state index >= 15 is 0 Å². The highest BCUT2D eigenvalue weighted by Gasteiger charge is 2.61. The molecular formula is C9H15F5O. The first-order valence-corrected chi connectivity index (χ1v) is 4.48. The molecule has 0 fully saturated rings. The molecule has 0 spiro atoms. The topological polar surface area (TPSA) is 9.23 Å². The summed E-state index contributed by atoms with van der Waals surface area (Å²) in [6.07, 6.45) is -4.67. The van der Waals surface area contributed by atoms with Crippen molar-refractivity contribution in [3.05, 3.63) is 0 Å². The number of rotatable bonds is 5. The molecule has 0 saturated carbocycles. The summed E-state index contributed by atoms with van der Waals surface area (Å²) in [5.41, 5.74) is -1.93. The van der Waals surface area contributed by atoms with E-state index in [2.05, 4.69) is 4.74 Å². The molecule has 0 rings (SSSR count). The number of alkyl halides is 5. The fraction of sp³-hybridized carbons (Fsp3) is 1.00. The maximum atomic E-state index is 13.0. The predicted molar refractivity (Wildman–Crippen MR) is 45.9 cm³/mol. The molecule has 0 radical (unpaired) electrons. The molecule has 0 atom stereocenters. The largest absolute Gasteiger partial charge is 0.420 e. The highest BCUT2D eigenvalue weighted by atomic mass is 19.3. The van der Waals surface area contributed by atoms with Crippen molar-refractivity contribution in [3.63, 3.8) is 0 Å². The van der Waals surface area contributed by atoms with Gasteiger partial charge in [0.1, 0.15) is 6.67 Å². The highest BCUT2D eigenvalue weighted by molar-refractivity contribution is 4.83. The van der Waals surface area contributed by atoms with Gasteiger partial charge in [-0.3, -0.25) is 0 Å². The third kappa shape index (κ3) is 3.29. The summed E-state index contributed by atoms with van der Waals surface area (Å²) < 4.78 is 68.0. The van der Waals surface area contributed by atoms with Gasteiger partial charge in [-0.25, -0.2) is 4.39 Å². The SMILES string of the molecule is CC(C)C(F)(F)C(F)(F)OC(C)(C)CF. The number of hydrogen-bond donors (Lipinski definition) is 0. The number of hydrogen-bond acceptors (Lipinski definition) is 1. The van der Waals surface area contributed by atoms with Gasteiger partial charge < -0.3 is 4.74 Å². The Bertz CT molecular complexity index is 213. The Morgan fingerprint density at radius 2 is 1.47 bits per heavy atom. The standard InChI is InChI=1S/C9H15F5O/c1-6(2)8(11,12)9(13,14)15-7(3,4)5-10/h6H,5H2,1-4H3. The molecule has 0 amide bonds. The van der Waals surface area contributed by atoms with E-state index in [-0.39, 0.29) is 0 Å². The average molecular weight is 234 g/mol. The second-order valence-corrected chi connectivity index (χ2v) is 4.29. The Labute approximate surface area is 85.6 Å². The van der Waals surface area contributed by atoms with Crippen molar-refractivity contribution in [1.29, 1.82) is 0 Å². The Morgan fingerprint density at radius 1 is 1.07 bits per heavy atom. The molecule has 0 heterocycles. The molecule has 15 heavy (non-hydrogen) atoms. The summed E-state index contributed by atoms with van der Waals surface area (Å²) in [4.78, 5) is 0. The van der Waals surface area contributed by atoms with E-state index in [0.29, 0.717) is 0 Å². The number of ether oxygens (including phenoxy) is 1. The Balaban J connectivity index is 4.83. The lowest BCUT2D eigenvalue weighted by Crippen LogP contribution is -2.51. The van der Waals surface area contributed by atoms with Gasteiger partial charge in [0, 0.05) is 5.92 Å². The second-order valence-electron chi connectivity index (χ2n) is 4.29. The lowest BCUT2D eigenvalue weighted by Gasteiger charge is -2.34. The van der Waals surface area contributed by atoms with Crippen molar-refractivity contribution in [2.75, 3.05) is 6.67 Å². The maximum Gasteiger partial charge on any atom is 0.420 e. The van der Waals surface area contributed by atoms with Gasteiger partial charge in [0.15, 0.2) is 0 Å². The van der Waals surface area contributed by atoms with Crippen molar-refractivity contribution >= 4 is 0 Å². The minimum atomic E-state index is -4.67. The van der Waals surface area contributed by atoms with Crippen LogP contribution in [0, 0.1) is 5.92 Å². The van der Waals surface area contributed by atoms with E-state index in [0.717, 1.165) is 27.7 Å². The molecule has 0 aromatic carbocycles. The minimum Gasteiger partial charge on any atom is -0.307 e. The molecule has 0 aliphatic rings. The summed E-state index contributed by atoms with van der Waals surface area (Å²) in [6.45, 7) is 2.59.